The van der Waals surface area contributed by atoms with E-state index >= 15 is 0 Å². The summed E-state index contributed by atoms with van der Waals surface area (Å²) in [5, 5.41) is 2.66. The van der Waals surface area contributed by atoms with Crippen LogP contribution in [-0.4, -0.2) is 26.1 Å². The first-order valence-electron chi connectivity index (χ1n) is 5.56. The van der Waals surface area contributed by atoms with E-state index in [4.69, 9.17) is 4.74 Å². The number of anilines is 1. The third-order valence-corrected chi connectivity index (χ3v) is 3.29. The van der Waals surface area contributed by atoms with Crippen LogP contribution in [0.5, 0.6) is 5.75 Å². The maximum absolute atomic E-state index is 12.0. The maximum atomic E-state index is 12.0. The van der Waals surface area contributed by atoms with Gasteiger partial charge in [-0.1, -0.05) is 0 Å². The minimum atomic E-state index is -1.25. The molecule has 0 heterocycles. The lowest BCUT2D eigenvalue weighted by atomic mass is 9.92. The van der Waals surface area contributed by atoms with Gasteiger partial charge in [0.05, 0.1) is 18.7 Å². The van der Waals surface area contributed by atoms with Crippen LogP contribution < -0.4 is 10.1 Å². The number of esters is 1. The zero-order valence-corrected chi connectivity index (χ0v) is 12.8. The van der Waals surface area contributed by atoms with Crippen molar-refractivity contribution < 1.29 is 19.1 Å². The number of benzene rings is 1. The molecule has 0 aliphatic carbocycles. The van der Waals surface area contributed by atoms with Gasteiger partial charge in [0.2, 0.25) is 5.91 Å². The van der Waals surface area contributed by atoms with Crippen molar-refractivity contribution >= 4 is 33.5 Å². The highest BCUT2D eigenvalue weighted by atomic mass is 79.9. The highest BCUT2D eigenvalue weighted by Crippen LogP contribution is 2.28. The molecule has 0 saturated heterocycles. The van der Waals surface area contributed by atoms with E-state index in [0.717, 1.165) is 0 Å². The summed E-state index contributed by atoms with van der Waals surface area (Å²) < 4.78 is 10.4. The smallest absolute Gasteiger partial charge is 0.320 e. The Balaban J connectivity index is 2.88. The lowest BCUT2D eigenvalue weighted by Crippen LogP contribution is -2.38. The number of amides is 1. The molecule has 1 rings (SSSR count). The lowest BCUT2D eigenvalue weighted by Gasteiger charge is -2.20. The minimum absolute atomic E-state index is 0.434. The third-order valence-electron chi connectivity index (χ3n) is 2.67. The SMILES string of the molecule is COC(=O)C(C)(C)C(=O)Nc1ccc(OC)c(Br)c1. The number of methoxy groups -OCH3 is 2. The Morgan fingerprint density at radius 2 is 1.89 bits per heavy atom. The van der Waals surface area contributed by atoms with E-state index in [0.29, 0.717) is 15.9 Å². The van der Waals surface area contributed by atoms with Crippen molar-refractivity contribution in [3.63, 3.8) is 0 Å². The van der Waals surface area contributed by atoms with Crippen LogP contribution in [0.25, 0.3) is 0 Å². The van der Waals surface area contributed by atoms with Crippen molar-refractivity contribution in [3.8, 4) is 5.75 Å². The van der Waals surface area contributed by atoms with Crippen molar-refractivity contribution in [2.24, 2.45) is 5.41 Å². The fourth-order valence-electron chi connectivity index (χ4n) is 1.38. The molecule has 0 radical (unpaired) electrons. The Morgan fingerprint density at radius 3 is 2.37 bits per heavy atom. The Bertz CT molecular complexity index is 499. The van der Waals surface area contributed by atoms with Gasteiger partial charge in [-0.15, -0.1) is 0 Å². The van der Waals surface area contributed by atoms with Gasteiger partial charge in [0, 0.05) is 5.69 Å². The molecule has 1 aromatic carbocycles. The minimum Gasteiger partial charge on any atom is -0.496 e. The molecule has 5 nitrogen and oxygen atoms in total. The maximum Gasteiger partial charge on any atom is 0.320 e. The van der Waals surface area contributed by atoms with Crippen LogP contribution in [0.4, 0.5) is 5.69 Å². The van der Waals surface area contributed by atoms with Gasteiger partial charge in [0.1, 0.15) is 11.2 Å². The van der Waals surface area contributed by atoms with Crippen molar-refractivity contribution in [1.29, 1.82) is 0 Å². The first-order valence-corrected chi connectivity index (χ1v) is 6.35. The molecule has 0 aliphatic heterocycles. The molecule has 0 spiro atoms. The van der Waals surface area contributed by atoms with Crippen molar-refractivity contribution in [2.45, 2.75) is 13.8 Å². The fourth-order valence-corrected chi connectivity index (χ4v) is 1.92. The summed E-state index contributed by atoms with van der Waals surface area (Å²) in [6.07, 6.45) is 0. The van der Waals surface area contributed by atoms with Gasteiger partial charge >= 0.3 is 5.97 Å². The molecule has 0 bridgehead atoms. The van der Waals surface area contributed by atoms with Crippen molar-refractivity contribution in [1.82, 2.24) is 0 Å². The first kappa shape index (κ1) is 15.5. The predicted octanol–water partition coefficient (Wildman–Crippen LogP) is 2.60. The second kappa shape index (κ2) is 6.06. The van der Waals surface area contributed by atoms with Crippen LogP contribution in [0.1, 0.15) is 13.8 Å². The fraction of sp³-hybridized carbons (Fsp3) is 0.385. The van der Waals surface area contributed by atoms with Crippen molar-refractivity contribution in [3.05, 3.63) is 22.7 Å². The van der Waals surface area contributed by atoms with E-state index in [9.17, 15) is 9.59 Å². The van der Waals surface area contributed by atoms with Gasteiger partial charge in [-0.05, 0) is 48.0 Å². The van der Waals surface area contributed by atoms with Gasteiger partial charge in [-0.3, -0.25) is 9.59 Å². The van der Waals surface area contributed by atoms with Gasteiger partial charge in [0.25, 0.3) is 0 Å². The number of ether oxygens (including phenoxy) is 2. The first-order chi connectivity index (χ1) is 8.82. The van der Waals surface area contributed by atoms with Crippen LogP contribution in [0.15, 0.2) is 22.7 Å². The summed E-state index contributed by atoms with van der Waals surface area (Å²) in [7, 11) is 2.81. The summed E-state index contributed by atoms with van der Waals surface area (Å²) in [5.41, 5.74) is -0.684. The number of hydrogen-bond donors (Lipinski definition) is 1. The standard InChI is InChI=1S/C13H16BrNO4/c1-13(2,12(17)19-4)11(16)15-8-5-6-10(18-3)9(14)7-8/h5-7H,1-4H3,(H,15,16). The van der Waals surface area contributed by atoms with Crippen LogP contribution in [0.3, 0.4) is 0 Å². The van der Waals surface area contributed by atoms with Gasteiger partial charge in [-0.2, -0.15) is 0 Å². The van der Waals surface area contributed by atoms with Crippen LogP contribution in [0, 0.1) is 5.41 Å². The normalized spacial score (nSPS) is 10.8. The molecule has 104 valence electrons. The Labute approximate surface area is 120 Å². The van der Waals surface area contributed by atoms with E-state index in [1.807, 2.05) is 0 Å². The highest BCUT2D eigenvalue weighted by molar-refractivity contribution is 9.10. The lowest BCUT2D eigenvalue weighted by molar-refractivity contribution is -0.154. The molecule has 1 aromatic rings. The summed E-state index contributed by atoms with van der Waals surface area (Å²) in [6, 6.07) is 5.10. The average Bonchev–Trinajstić information content (AvgIpc) is 2.37. The van der Waals surface area contributed by atoms with Crippen LogP contribution in [-0.2, 0) is 14.3 Å². The zero-order chi connectivity index (χ0) is 14.6. The Hall–Kier alpha value is -1.56. The number of hydrogen-bond acceptors (Lipinski definition) is 4. The number of rotatable bonds is 4. The predicted molar refractivity (Wildman–Crippen MR) is 75.1 cm³/mol. The topological polar surface area (TPSA) is 64.6 Å². The molecule has 0 fully saturated rings. The van der Waals surface area contributed by atoms with Gasteiger partial charge in [0.15, 0.2) is 0 Å². The van der Waals surface area contributed by atoms with Crippen molar-refractivity contribution in [2.75, 3.05) is 19.5 Å². The monoisotopic (exact) mass is 329 g/mol. The second-order valence-corrected chi connectivity index (χ2v) is 5.27. The summed E-state index contributed by atoms with van der Waals surface area (Å²) in [4.78, 5) is 23.6. The molecule has 0 atom stereocenters. The number of halogens is 1. The molecule has 19 heavy (non-hydrogen) atoms. The Kier molecular flexibility index (Phi) is 4.94. The molecule has 1 N–H and O–H groups in total. The molecular weight excluding hydrogens is 314 g/mol. The molecule has 0 aromatic heterocycles. The van der Waals surface area contributed by atoms with E-state index in [2.05, 4.69) is 26.0 Å². The van der Waals surface area contributed by atoms with E-state index in [-0.39, 0.29) is 0 Å². The number of carbonyl (C=O) groups excluding carboxylic acids is 2. The molecular formula is C13H16BrNO4. The van der Waals surface area contributed by atoms with Crippen LogP contribution in [0.2, 0.25) is 0 Å². The molecule has 6 heteroatoms. The third kappa shape index (κ3) is 3.47. The van der Waals surface area contributed by atoms with Crippen LogP contribution >= 0.6 is 15.9 Å². The van der Waals surface area contributed by atoms with E-state index in [1.165, 1.54) is 21.0 Å². The molecule has 0 unspecified atom stereocenters. The largest absolute Gasteiger partial charge is 0.496 e. The second-order valence-electron chi connectivity index (χ2n) is 4.42. The molecule has 1 amide bonds. The van der Waals surface area contributed by atoms with E-state index < -0.39 is 17.3 Å². The molecule has 0 aliphatic rings. The Morgan fingerprint density at radius 1 is 1.26 bits per heavy atom. The van der Waals surface area contributed by atoms with E-state index in [1.54, 1.807) is 25.3 Å². The number of carbonyl (C=O) groups is 2. The molecule has 0 saturated carbocycles. The summed E-state index contributed by atoms with van der Waals surface area (Å²) in [6.45, 7) is 3.01. The average molecular weight is 330 g/mol. The summed E-state index contributed by atoms with van der Waals surface area (Å²) in [5.74, 6) is -0.362. The summed E-state index contributed by atoms with van der Waals surface area (Å²) >= 11 is 3.32. The highest BCUT2D eigenvalue weighted by Gasteiger charge is 2.37. The number of nitrogens with one attached hydrogen (secondary N) is 1. The quantitative estimate of drug-likeness (QED) is 0.681. The zero-order valence-electron chi connectivity index (χ0n) is 11.2. The van der Waals surface area contributed by atoms with Gasteiger partial charge < -0.3 is 14.8 Å². The van der Waals surface area contributed by atoms with Gasteiger partial charge in [-0.25, -0.2) is 0 Å².